The maximum atomic E-state index is 10.9. The molecule has 1 N–H and O–H groups in total. The highest BCUT2D eigenvalue weighted by Crippen LogP contribution is 2.22. The molecule has 2 heterocycles. The van der Waals surface area contributed by atoms with Gasteiger partial charge in [0, 0.05) is 12.6 Å². The van der Waals surface area contributed by atoms with Crippen molar-refractivity contribution in [1.82, 2.24) is 14.8 Å². The van der Waals surface area contributed by atoms with Gasteiger partial charge in [0.1, 0.15) is 0 Å². The molecule has 0 aromatic carbocycles. The van der Waals surface area contributed by atoms with Crippen LogP contribution in [0.1, 0.15) is 23.8 Å². The third kappa shape index (κ3) is 3.23. The van der Waals surface area contributed by atoms with Crippen LogP contribution in [0.4, 0.5) is 0 Å². The highest BCUT2D eigenvalue weighted by Gasteiger charge is 2.12. The average molecular weight is 282 g/mol. The summed E-state index contributed by atoms with van der Waals surface area (Å²) in [5, 5.41) is 13.1. The third-order valence-electron chi connectivity index (χ3n) is 2.31. The van der Waals surface area contributed by atoms with Crippen LogP contribution >= 0.6 is 11.6 Å². The van der Waals surface area contributed by atoms with Gasteiger partial charge in [-0.3, -0.25) is 4.68 Å². The number of aromatic nitrogens is 3. The zero-order chi connectivity index (χ0) is 13.8. The monoisotopic (exact) mass is 281 g/mol. The first-order valence-electron chi connectivity index (χ1n) is 5.70. The number of aromatic carboxylic acids is 1. The number of halogens is 1. The van der Waals surface area contributed by atoms with Crippen LogP contribution in [-0.2, 0) is 6.54 Å². The first kappa shape index (κ1) is 13.4. The van der Waals surface area contributed by atoms with Crippen molar-refractivity contribution in [2.75, 3.05) is 0 Å². The largest absolute Gasteiger partial charge is 0.476 e. The molecule has 0 saturated carbocycles. The molecule has 0 aliphatic carbocycles. The first-order valence-corrected chi connectivity index (χ1v) is 6.08. The van der Waals surface area contributed by atoms with Crippen molar-refractivity contribution in [3.05, 3.63) is 35.2 Å². The summed E-state index contributed by atoms with van der Waals surface area (Å²) in [7, 11) is 0. The Morgan fingerprint density at radius 2 is 2.32 bits per heavy atom. The number of hydrogen-bond acceptors (Lipinski definition) is 4. The molecule has 19 heavy (non-hydrogen) atoms. The van der Waals surface area contributed by atoms with Gasteiger partial charge in [0.25, 0.3) is 0 Å². The molecule has 7 heteroatoms. The lowest BCUT2D eigenvalue weighted by molar-refractivity contribution is 0.0690. The Labute approximate surface area is 114 Å². The van der Waals surface area contributed by atoms with Crippen LogP contribution in [0.3, 0.4) is 0 Å². The number of nitrogens with zero attached hydrogens (tertiary/aromatic N) is 3. The fourth-order valence-electron chi connectivity index (χ4n) is 1.50. The Bertz CT molecular complexity index is 598. The maximum Gasteiger partial charge on any atom is 0.356 e. The van der Waals surface area contributed by atoms with Gasteiger partial charge in [-0.1, -0.05) is 18.5 Å². The second-order valence-electron chi connectivity index (χ2n) is 3.83. The van der Waals surface area contributed by atoms with Crippen LogP contribution in [0.5, 0.6) is 11.6 Å². The van der Waals surface area contributed by atoms with E-state index in [0.717, 1.165) is 13.0 Å². The lowest BCUT2D eigenvalue weighted by Gasteiger charge is -2.03. The smallest absolute Gasteiger partial charge is 0.356 e. The third-order valence-corrected chi connectivity index (χ3v) is 2.61. The fraction of sp³-hybridized carbons (Fsp3) is 0.250. The summed E-state index contributed by atoms with van der Waals surface area (Å²) in [6.07, 6.45) is 4.23. The van der Waals surface area contributed by atoms with Crippen LogP contribution in [0.2, 0.25) is 5.02 Å². The van der Waals surface area contributed by atoms with Gasteiger partial charge in [-0.2, -0.15) is 5.10 Å². The van der Waals surface area contributed by atoms with Gasteiger partial charge >= 0.3 is 5.97 Å². The number of rotatable bonds is 5. The van der Waals surface area contributed by atoms with E-state index in [4.69, 9.17) is 21.4 Å². The minimum absolute atomic E-state index is 0.0709. The molecule has 2 aromatic heterocycles. The summed E-state index contributed by atoms with van der Waals surface area (Å²) in [4.78, 5) is 14.7. The molecule has 0 unspecified atom stereocenters. The number of aryl methyl sites for hydroxylation is 1. The number of hydrogen-bond donors (Lipinski definition) is 1. The number of carboxylic acids is 1. The minimum atomic E-state index is -1.20. The summed E-state index contributed by atoms with van der Waals surface area (Å²) < 4.78 is 7.17. The standard InChI is InChI=1S/C12H12ClN3O3/c1-2-5-16-7-8(6-14-16)19-10-4-3-9(13)11(15-10)12(17)18/h3-4,6-7H,2,5H2,1H3,(H,17,18). The van der Waals surface area contributed by atoms with E-state index in [0.29, 0.717) is 5.75 Å². The second kappa shape index (κ2) is 5.71. The molecular weight excluding hydrogens is 270 g/mol. The van der Waals surface area contributed by atoms with Crippen molar-refractivity contribution < 1.29 is 14.6 Å². The van der Waals surface area contributed by atoms with Crippen LogP contribution in [0.25, 0.3) is 0 Å². The molecular formula is C12H12ClN3O3. The van der Waals surface area contributed by atoms with Gasteiger partial charge in [-0.15, -0.1) is 0 Å². The number of ether oxygens (including phenoxy) is 1. The van der Waals surface area contributed by atoms with Crippen molar-refractivity contribution in [2.45, 2.75) is 19.9 Å². The Morgan fingerprint density at radius 1 is 1.53 bits per heavy atom. The normalized spacial score (nSPS) is 10.4. The lowest BCUT2D eigenvalue weighted by Crippen LogP contribution is -2.02. The van der Waals surface area contributed by atoms with Gasteiger partial charge < -0.3 is 9.84 Å². The molecule has 0 atom stereocenters. The van der Waals surface area contributed by atoms with Crippen molar-refractivity contribution in [3.8, 4) is 11.6 Å². The predicted molar refractivity (Wildman–Crippen MR) is 68.8 cm³/mol. The molecule has 0 aliphatic heterocycles. The van der Waals surface area contributed by atoms with E-state index in [9.17, 15) is 4.79 Å². The van der Waals surface area contributed by atoms with Gasteiger partial charge in [-0.25, -0.2) is 9.78 Å². The Balaban J connectivity index is 2.18. The van der Waals surface area contributed by atoms with Crippen LogP contribution in [0, 0.1) is 0 Å². The summed E-state index contributed by atoms with van der Waals surface area (Å²) in [6, 6.07) is 2.94. The Hall–Kier alpha value is -2.08. The average Bonchev–Trinajstić information content (AvgIpc) is 2.79. The zero-order valence-corrected chi connectivity index (χ0v) is 11.0. The Morgan fingerprint density at radius 3 is 3.00 bits per heavy atom. The summed E-state index contributed by atoms with van der Waals surface area (Å²) in [5.74, 6) is -0.533. The molecule has 0 radical (unpaired) electrons. The summed E-state index contributed by atoms with van der Waals surface area (Å²) in [6.45, 7) is 2.83. The van der Waals surface area contributed by atoms with Crippen LogP contribution in [0.15, 0.2) is 24.5 Å². The van der Waals surface area contributed by atoms with E-state index in [-0.39, 0.29) is 16.6 Å². The first-order chi connectivity index (χ1) is 9.10. The van der Waals surface area contributed by atoms with Crippen LogP contribution < -0.4 is 4.74 Å². The highest BCUT2D eigenvalue weighted by molar-refractivity contribution is 6.33. The van der Waals surface area contributed by atoms with E-state index in [1.54, 1.807) is 17.1 Å². The predicted octanol–water partition coefficient (Wildman–Crippen LogP) is 2.83. The van der Waals surface area contributed by atoms with Gasteiger partial charge in [0.15, 0.2) is 11.4 Å². The molecule has 0 aliphatic rings. The topological polar surface area (TPSA) is 77.2 Å². The fourth-order valence-corrected chi connectivity index (χ4v) is 1.69. The summed E-state index contributed by atoms with van der Waals surface area (Å²) >= 11 is 5.72. The SMILES string of the molecule is CCCn1cc(Oc2ccc(Cl)c(C(=O)O)n2)cn1. The van der Waals surface area contributed by atoms with Crippen molar-refractivity contribution in [3.63, 3.8) is 0 Å². The van der Waals surface area contributed by atoms with E-state index in [2.05, 4.69) is 10.1 Å². The molecule has 100 valence electrons. The molecule has 0 spiro atoms. The molecule has 6 nitrogen and oxygen atoms in total. The number of carbonyl (C=O) groups is 1. The molecule has 2 aromatic rings. The lowest BCUT2D eigenvalue weighted by atomic mass is 10.3. The zero-order valence-electron chi connectivity index (χ0n) is 10.2. The minimum Gasteiger partial charge on any atom is -0.476 e. The van der Waals surface area contributed by atoms with E-state index < -0.39 is 5.97 Å². The molecule has 2 rings (SSSR count). The summed E-state index contributed by atoms with van der Waals surface area (Å²) in [5.41, 5.74) is -0.236. The van der Waals surface area contributed by atoms with Crippen LogP contribution in [-0.4, -0.2) is 25.8 Å². The van der Waals surface area contributed by atoms with E-state index in [1.807, 2.05) is 6.92 Å². The van der Waals surface area contributed by atoms with Gasteiger partial charge in [0.05, 0.1) is 17.4 Å². The highest BCUT2D eigenvalue weighted by atomic mass is 35.5. The second-order valence-corrected chi connectivity index (χ2v) is 4.23. The van der Waals surface area contributed by atoms with Crippen molar-refractivity contribution >= 4 is 17.6 Å². The van der Waals surface area contributed by atoms with Crippen molar-refractivity contribution in [1.29, 1.82) is 0 Å². The molecule has 0 saturated heterocycles. The molecule has 0 fully saturated rings. The number of carboxylic acid groups (broad SMARTS) is 1. The number of pyridine rings is 1. The van der Waals surface area contributed by atoms with Gasteiger partial charge in [0.2, 0.25) is 5.88 Å². The molecule has 0 amide bonds. The van der Waals surface area contributed by atoms with E-state index >= 15 is 0 Å². The van der Waals surface area contributed by atoms with Gasteiger partial charge in [-0.05, 0) is 12.5 Å². The quantitative estimate of drug-likeness (QED) is 0.912. The van der Waals surface area contributed by atoms with Crippen molar-refractivity contribution in [2.24, 2.45) is 0 Å². The van der Waals surface area contributed by atoms with E-state index in [1.165, 1.54) is 12.1 Å². The maximum absolute atomic E-state index is 10.9. The molecule has 0 bridgehead atoms. The Kier molecular flexibility index (Phi) is 4.01.